The second-order valence-electron chi connectivity index (χ2n) is 4.30. The van der Waals surface area contributed by atoms with Crippen LogP contribution in [0.15, 0.2) is 52.0 Å². The Labute approximate surface area is 147 Å². The summed E-state index contributed by atoms with van der Waals surface area (Å²) in [6, 6.07) is 13.2. The van der Waals surface area contributed by atoms with Crippen molar-refractivity contribution in [1.29, 1.82) is 0 Å². The van der Waals surface area contributed by atoms with Crippen LogP contribution in [0.3, 0.4) is 0 Å². The molecule has 0 amide bonds. The summed E-state index contributed by atoms with van der Waals surface area (Å²) < 4.78 is 6.74. The number of hydrogen-bond donors (Lipinski definition) is 2. The number of ether oxygens (including phenoxy) is 1. The van der Waals surface area contributed by atoms with Crippen LogP contribution in [0.1, 0.15) is 11.1 Å². The normalized spacial score (nSPS) is 10.6. The van der Waals surface area contributed by atoms with Crippen molar-refractivity contribution in [3.63, 3.8) is 0 Å². The first-order chi connectivity index (χ1) is 10.6. The van der Waals surface area contributed by atoms with E-state index in [1.165, 1.54) is 0 Å². The molecule has 22 heavy (non-hydrogen) atoms. The molecule has 0 aliphatic heterocycles. The van der Waals surface area contributed by atoms with E-state index in [0.29, 0.717) is 17.4 Å². The third kappa shape index (κ3) is 4.98. The standard InChI is InChI=1S/C15H13BrClN3OS/c16-12-5-6-14(11(7-12)8-19-20-15(18)22)21-9-10-3-1-2-4-13(10)17/h1-8H,9H2,(H3,18,20,22)/b19-8+. The Balaban J connectivity index is 2.14. The molecule has 0 radical (unpaired) electrons. The fourth-order valence-corrected chi connectivity index (χ4v) is 2.31. The summed E-state index contributed by atoms with van der Waals surface area (Å²) in [6.45, 7) is 0.366. The van der Waals surface area contributed by atoms with Crippen molar-refractivity contribution in [1.82, 2.24) is 5.43 Å². The molecule has 0 saturated heterocycles. The minimum absolute atomic E-state index is 0.102. The van der Waals surface area contributed by atoms with E-state index in [1.807, 2.05) is 42.5 Å². The Morgan fingerprint density at radius 3 is 2.86 bits per heavy atom. The summed E-state index contributed by atoms with van der Waals surface area (Å²) in [5.74, 6) is 0.677. The summed E-state index contributed by atoms with van der Waals surface area (Å²) in [5.41, 5.74) is 9.53. The van der Waals surface area contributed by atoms with Crippen LogP contribution in [0.5, 0.6) is 5.75 Å². The van der Waals surface area contributed by atoms with Crippen molar-refractivity contribution in [2.24, 2.45) is 10.8 Å². The molecule has 7 heteroatoms. The average Bonchev–Trinajstić information content (AvgIpc) is 2.47. The Bertz CT molecular complexity index is 709. The van der Waals surface area contributed by atoms with Crippen LogP contribution < -0.4 is 15.9 Å². The molecule has 2 rings (SSSR count). The molecule has 0 aliphatic carbocycles. The molecule has 0 spiro atoms. The maximum atomic E-state index is 6.12. The van der Waals surface area contributed by atoms with Crippen LogP contribution in [0.25, 0.3) is 0 Å². The molecule has 0 fully saturated rings. The first-order valence-electron chi connectivity index (χ1n) is 6.30. The van der Waals surface area contributed by atoms with Crippen molar-refractivity contribution in [3.05, 3.63) is 63.1 Å². The molecular weight excluding hydrogens is 386 g/mol. The molecule has 0 aromatic heterocycles. The van der Waals surface area contributed by atoms with Gasteiger partial charge in [-0.05, 0) is 36.5 Å². The third-order valence-electron chi connectivity index (χ3n) is 2.69. The average molecular weight is 399 g/mol. The third-order valence-corrected chi connectivity index (χ3v) is 3.64. The van der Waals surface area contributed by atoms with Gasteiger partial charge in [-0.15, -0.1) is 0 Å². The van der Waals surface area contributed by atoms with Gasteiger partial charge in [-0.25, -0.2) is 0 Å². The van der Waals surface area contributed by atoms with E-state index in [2.05, 4.69) is 26.5 Å². The number of rotatable bonds is 5. The van der Waals surface area contributed by atoms with Gasteiger partial charge in [0.15, 0.2) is 5.11 Å². The Morgan fingerprint density at radius 2 is 2.14 bits per heavy atom. The van der Waals surface area contributed by atoms with Crippen LogP contribution in [-0.4, -0.2) is 11.3 Å². The van der Waals surface area contributed by atoms with Gasteiger partial charge in [0.1, 0.15) is 12.4 Å². The summed E-state index contributed by atoms with van der Waals surface area (Å²) >= 11 is 14.2. The molecule has 2 aromatic carbocycles. The molecule has 0 aliphatic rings. The van der Waals surface area contributed by atoms with Gasteiger partial charge in [0, 0.05) is 20.6 Å². The highest BCUT2D eigenvalue weighted by atomic mass is 79.9. The van der Waals surface area contributed by atoms with E-state index in [1.54, 1.807) is 6.21 Å². The van der Waals surface area contributed by atoms with Gasteiger partial charge in [0.25, 0.3) is 0 Å². The number of halogens is 2. The van der Waals surface area contributed by atoms with Gasteiger partial charge < -0.3 is 10.5 Å². The van der Waals surface area contributed by atoms with Crippen LogP contribution >= 0.6 is 39.7 Å². The Morgan fingerprint density at radius 1 is 1.36 bits per heavy atom. The number of nitrogens with one attached hydrogen (secondary N) is 1. The molecular formula is C15H13BrClN3OS. The molecule has 2 aromatic rings. The maximum absolute atomic E-state index is 6.12. The molecule has 0 unspecified atom stereocenters. The molecule has 0 atom stereocenters. The highest BCUT2D eigenvalue weighted by molar-refractivity contribution is 9.10. The number of thiocarbonyl (C=S) groups is 1. The molecule has 0 bridgehead atoms. The van der Waals surface area contributed by atoms with E-state index in [-0.39, 0.29) is 5.11 Å². The topological polar surface area (TPSA) is 59.6 Å². The second kappa shape index (κ2) is 8.12. The van der Waals surface area contributed by atoms with Crippen molar-refractivity contribution in [2.45, 2.75) is 6.61 Å². The first kappa shape index (κ1) is 16.7. The van der Waals surface area contributed by atoms with Gasteiger partial charge in [0.05, 0.1) is 6.21 Å². The number of hydrazone groups is 1. The zero-order chi connectivity index (χ0) is 15.9. The highest BCUT2D eigenvalue weighted by Gasteiger charge is 2.05. The Kier molecular flexibility index (Phi) is 6.18. The smallest absolute Gasteiger partial charge is 0.184 e. The van der Waals surface area contributed by atoms with E-state index in [9.17, 15) is 0 Å². The van der Waals surface area contributed by atoms with Gasteiger partial charge in [-0.1, -0.05) is 45.7 Å². The lowest BCUT2D eigenvalue weighted by Crippen LogP contribution is -2.24. The van der Waals surface area contributed by atoms with Gasteiger partial charge >= 0.3 is 0 Å². The van der Waals surface area contributed by atoms with Gasteiger partial charge in [-0.3, -0.25) is 5.43 Å². The van der Waals surface area contributed by atoms with E-state index in [0.717, 1.165) is 15.6 Å². The number of nitrogens with two attached hydrogens (primary N) is 1. The van der Waals surface area contributed by atoms with E-state index < -0.39 is 0 Å². The quantitative estimate of drug-likeness (QED) is 0.456. The van der Waals surface area contributed by atoms with Crippen LogP contribution in [0.4, 0.5) is 0 Å². The summed E-state index contributed by atoms with van der Waals surface area (Å²) in [4.78, 5) is 0. The predicted molar refractivity (Wildman–Crippen MR) is 97.4 cm³/mol. The van der Waals surface area contributed by atoms with E-state index in [4.69, 9.17) is 34.3 Å². The van der Waals surface area contributed by atoms with Crippen molar-refractivity contribution in [3.8, 4) is 5.75 Å². The summed E-state index contributed by atoms with van der Waals surface area (Å²) in [6.07, 6.45) is 1.59. The van der Waals surface area contributed by atoms with Crippen molar-refractivity contribution < 1.29 is 4.74 Å². The van der Waals surface area contributed by atoms with Crippen LogP contribution in [0.2, 0.25) is 5.02 Å². The van der Waals surface area contributed by atoms with E-state index >= 15 is 0 Å². The summed E-state index contributed by atoms with van der Waals surface area (Å²) in [7, 11) is 0. The molecule has 4 nitrogen and oxygen atoms in total. The first-order valence-corrected chi connectivity index (χ1v) is 7.88. The molecule has 114 valence electrons. The fourth-order valence-electron chi connectivity index (χ4n) is 1.69. The SMILES string of the molecule is NC(=S)N/N=C/c1cc(Br)ccc1OCc1ccccc1Cl. The zero-order valence-corrected chi connectivity index (χ0v) is 14.6. The predicted octanol–water partition coefficient (Wildman–Crippen LogP) is 3.85. The zero-order valence-electron chi connectivity index (χ0n) is 11.4. The molecule has 0 saturated carbocycles. The lowest BCUT2D eigenvalue weighted by molar-refractivity contribution is 0.306. The van der Waals surface area contributed by atoms with Crippen LogP contribution in [0, 0.1) is 0 Å². The van der Waals surface area contributed by atoms with Crippen molar-refractivity contribution >= 4 is 51.1 Å². The maximum Gasteiger partial charge on any atom is 0.184 e. The summed E-state index contributed by atoms with van der Waals surface area (Å²) in [5, 5.41) is 4.72. The fraction of sp³-hybridized carbons (Fsp3) is 0.0667. The second-order valence-corrected chi connectivity index (χ2v) is 6.06. The number of benzene rings is 2. The van der Waals surface area contributed by atoms with Gasteiger partial charge in [0.2, 0.25) is 0 Å². The highest BCUT2D eigenvalue weighted by Crippen LogP contribution is 2.24. The van der Waals surface area contributed by atoms with Crippen molar-refractivity contribution in [2.75, 3.05) is 0 Å². The lowest BCUT2D eigenvalue weighted by Gasteiger charge is -2.10. The molecule has 0 heterocycles. The minimum atomic E-state index is 0.102. The van der Waals surface area contributed by atoms with Gasteiger partial charge in [-0.2, -0.15) is 5.10 Å². The monoisotopic (exact) mass is 397 g/mol. The number of hydrogen-bond acceptors (Lipinski definition) is 3. The number of nitrogens with zero attached hydrogens (tertiary/aromatic N) is 1. The molecule has 3 N–H and O–H groups in total. The largest absolute Gasteiger partial charge is 0.488 e. The Hall–Kier alpha value is -1.63. The van der Waals surface area contributed by atoms with Crippen LogP contribution in [-0.2, 0) is 6.61 Å². The lowest BCUT2D eigenvalue weighted by atomic mass is 10.2. The minimum Gasteiger partial charge on any atom is -0.488 e.